The second-order valence-corrected chi connectivity index (χ2v) is 6.11. The van der Waals surface area contributed by atoms with Gasteiger partial charge in [0, 0.05) is 17.6 Å². The first-order valence-electron chi connectivity index (χ1n) is 7.41. The summed E-state index contributed by atoms with van der Waals surface area (Å²) in [5.41, 5.74) is 3.57. The summed E-state index contributed by atoms with van der Waals surface area (Å²) >= 11 is 5.95. The Morgan fingerprint density at radius 2 is 1.81 bits per heavy atom. The Balaban J connectivity index is 1.54. The van der Waals surface area contributed by atoms with Gasteiger partial charge in [0.15, 0.2) is 0 Å². The topological polar surface area (TPSA) is 21.3 Å². The molecule has 0 atom stereocenters. The van der Waals surface area contributed by atoms with Gasteiger partial charge in [-0.1, -0.05) is 35.9 Å². The maximum Gasteiger partial charge on any atom is 0.122 e. The highest BCUT2D eigenvalue weighted by Crippen LogP contribution is 2.23. The molecule has 0 aliphatic heterocycles. The lowest BCUT2D eigenvalue weighted by molar-refractivity contribution is 0.304. The van der Waals surface area contributed by atoms with Gasteiger partial charge in [-0.05, 0) is 54.7 Å². The monoisotopic (exact) mass is 301 g/mol. The number of halogens is 1. The van der Waals surface area contributed by atoms with E-state index in [0.29, 0.717) is 6.61 Å². The Morgan fingerprint density at radius 1 is 1.10 bits per heavy atom. The van der Waals surface area contributed by atoms with E-state index in [1.165, 1.54) is 24.0 Å². The molecule has 1 aliphatic rings. The quantitative estimate of drug-likeness (QED) is 0.849. The first-order chi connectivity index (χ1) is 10.2. The summed E-state index contributed by atoms with van der Waals surface area (Å²) in [6.45, 7) is 3.55. The van der Waals surface area contributed by atoms with Crippen LogP contribution in [0, 0.1) is 6.92 Å². The van der Waals surface area contributed by atoms with Crippen molar-refractivity contribution in [3.63, 3.8) is 0 Å². The zero-order chi connectivity index (χ0) is 14.7. The number of benzene rings is 2. The van der Waals surface area contributed by atoms with Crippen LogP contribution in [0.2, 0.25) is 5.02 Å². The molecule has 1 saturated carbocycles. The minimum Gasteiger partial charge on any atom is -0.489 e. The largest absolute Gasteiger partial charge is 0.489 e. The predicted molar refractivity (Wildman–Crippen MR) is 86.8 cm³/mol. The first-order valence-corrected chi connectivity index (χ1v) is 7.78. The number of aryl methyl sites for hydroxylation is 1. The van der Waals surface area contributed by atoms with Gasteiger partial charge in [-0.3, -0.25) is 0 Å². The minimum atomic E-state index is 0.582. The molecule has 2 nitrogen and oxygen atoms in total. The first kappa shape index (κ1) is 14.4. The highest BCUT2D eigenvalue weighted by molar-refractivity contribution is 6.30. The van der Waals surface area contributed by atoms with Crippen molar-refractivity contribution in [1.82, 2.24) is 5.32 Å². The molecule has 2 aromatic rings. The lowest BCUT2D eigenvalue weighted by Gasteiger charge is -2.10. The van der Waals surface area contributed by atoms with Crippen molar-refractivity contribution in [2.75, 3.05) is 0 Å². The summed E-state index contributed by atoms with van der Waals surface area (Å²) in [5, 5.41) is 4.26. The Labute approximate surface area is 131 Å². The van der Waals surface area contributed by atoms with Crippen LogP contribution < -0.4 is 10.1 Å². The second-order valence-electron chi connectivity index (χ2n) is 5.67. The molecule has 1 fully saturated rings. The second kappa shape index (κ2) is 6.50. The van der Waals surface area contributed by atoms with E-state index in [4.69, 9.17) is 16.3 Å². The van der Waals surface area contributed by atoms with E-state index in [1.54, 1.807) is 0 Å². The van der Waals surface area contributed by atoms with Crippen molar-refractivity contribution >= 4 is 11.6 Å². The normalized spacial score (nSPS) is 14.2. The molecule has 0 spiro atoms. The van der Waals surface area contributed by atoms with Crippen molar-refractivity contribution < 1.29 is 4.74 Å². The van der Waals surface area contributed by atoms with Gasteiger partial charge >= 0.3 is 0 Å². The van der Waals surface area contributed by atoms with Gasteiger partial charge in [-0.25, -0.2) is 0 Å². The average molecular weight is 302 g/mol. The molecule has 3 heteroatoms. The molecular formula is C18H20ClNO. The van der Waals surface area contributed by atoms with E-state index >= 15 is 0 Å². The Bertz CT molecular complexity index is 605. The molecule has 0 saturated heterocycles. The van der Waals surface area contributed by atoms with E-state index < -0.39 is 0 Å². The van der Waals surface area contributed by atoms with E-state index in [2.05, 4.69) is 29.6 Å². The third-order valence-corrected chi connectivity index (χ3v) is 3.96. The fraction of sp³-hybridized carbons (Fsp3) is 0.333. The minimum absolute atomic E-state index is 0.582. The van der Waals surface area contributed by atoms with Gasteiger partial charge < -0.3 is 10.1 Å². The van der Waals surface area contributed by atoms with Gasteiger partial charge in [-0.2, -0.15) is 0 Å². The van der Waals surface area contributed by atoms with Crippen LogP contribution in [-0.4, -0.2) is 6.04 Å². The molecule has 2 aromatic carbocycles. The van der Waals surface area contributed by atoms with E-state index in [-0.39, 0.29) is 0 Å². The van der Waals surface area contributed by atoms with Gasteiger partial charge in [0.2, 0.25) is 0 Å². The smallest absolute Gasteiger partial charge is 0.122 e. The maximum absolute atomic E-state index is 5.95. The summed E-state index contributed by atoms with van der Waals surface area (Å²) < 4.78 is 5.85. The van der Waals surface area contributed by atoms with E-state index in [1.807, 2.05) is 25.1 Å². The standard InChI is InChI=1S/C18H20ClNO/c1-13-10-16(19)6-9-18(13)21-12-15-4-2-14(3-5-15)11-20-17-7-8-17/h2-6,9-10,17,20H,7-8,11-12H2,1H3. The van der Waals surface area contributed by atoms with Crippen molar-refractivity contribution in [2.45, 2.75) is 39.0 Å². The molecule has 110 valence electrons. The summed E-state index contributed by atoms with van der Waals surface area (Å²) in [4.78, 5) is 0. The van der Waals surface area contributed by atoms with Crippen LogP contribution in [0.4, 0.5) is 0 Å². The zero-order valence-electron chi connectivity index (χ0n) is 12.2. The van der Waals surface area contributed by atoms with Crippen LogP contribution in [0.3, 0.4) is 0 Å². The molecule has 21 heavy (non-hydrogen) atoms. The summed E-state index contributed by atoms with van der Waals surface area (Å²) in [5.74, 6) is 0.888. The third-order valence-electron chi connectivity index (χ3n) is 3.73. The molecule has 0 bridgehead atoms. The zero-order valence-corrected chi connectivity index (χ0v) is 13.0. The van der Waals surface area contributed by atoms with Crippen LogP contribution in [0.15, 0.2) is 42.5 Å². The van der Waals surface area contributed by atoms with Crippen molar-refractivity contribution in [3.05, 3.63) is 64.2 Å². The summed E-state index contributed by atoms with van der Waals surface area (Å²) in [7, 11) is 0. The summed E-state index contributed by atoms with van der Waals surface area (Å²) in [6, 6.07) is 15.1. The molecule has 0 amide bonds. The number of nitrogens with one attached hydrogen (secondary N) is 1. The number of hydrogen-bond acceptors (Lipinski definition) is 2. The van der Waals surface area contributed by atoms with Gasteiger partial charge in [0.05, 0.1) is 0 Å². The molecular weight excluding hydrogens is 282 g/mol. The van der Waals surface area contributed by atoms with Crippen LogP contribution in [-0.2, 0) is 13.2 Å². The SMILES string of the molecule is Cc1cc(Cl)ccc1OCc1ccc(CNC2CC2)cc1. The molecule has 0 heterocycles. The van der Waals surface area contributed by atoms with E-state index in [9.17, 15) is 0 Å². The Hall–Kier alpha value is -1.51. The molecule has 1 aliphatic carbocycles. The number of ether oxygens (including phenoxy) is 1. The van der Waals surface area contributed by atoms with Gasteiger partial charge in [-0.15, -0.1) is 0 Å². The molecule has 0 unspecified atom stereocenters. The lowest BCUT2D eigenvalue weighted by Crippen LogP contribution is -2.15. The van der Waals surface area contributed by atoms with E-state index in [0.717, 1.165) is 28.9 Å². The van der Waals surface area contributed by atoms with Crippen LogP contribution >= 0.6 is 11.6 Å². The van der Waals surface area contributed by atoms with Gasteiger partial charge in [0.25, 0.3) is 0 Å². The third kappa shape index (κ3) is 4.23. The predicted octanol–water partition coefficient (Wildman–Crippen LogP) is 4.48. The van der Waals surface area contributed by atoms with Gasteiger partial charge in [0.1, 0.15) is 12.4 Å². The fourth-order valence-electron chi connectivity index (χ4n) is 2.24. The van der Waals surface area contributed by atoms with Crippen LogP contribution in [0.5, 0.6) is 5.75 Å². The maximum atomic E-state index is 5.95. The molecule has 3 rings (SSSR count). The van der Waals surface area contributed by atoms with Crippen molar-refractivity contribution in [2.24, 2.45) is 0 Å². The fourth-order valence-corrected chi connectivity index (χ4v) is 2.47. The number of hydrogen-bond donors (Lipinski definition) is 1. The highest BCUT2D eigenvalue weighted by Gasteiger charge is 2.19. The molecule has 0 aromatic heterocycles. The van der Waals surface area contributed by atoms with Crippen molar-refractivity contribution in [1.29, 1.82) is 0 Å². The average Bonchev–Trinajstić information content (AvgIpc) is 3.30. The molecule has 0 radical (unpaired) electrons. The Morgan fingerprint density at radius 3 is 2.48 bits per heavy atom. The van der Waals surface area contributed by atoms with Crippen LogP contribution in [0.1, 0.15) is 29.5 Å². The number of rotatable bonds is 6. The lowest BCUT2D eigenvalue weighted by atomic mass is 10.1. The molecule has 1 N–H and O–H groups in total. The van der Waals surface area contributed by atoms with Crippen molar-refractivity contribution in [3.8, 4) is 5.75 Å². The van der Waals surface area contributed by atoms with Crippen LogP contribution in [0.25, 0.3) is 0 Å². The Kier molecular flexibility index (Phi) is 4.47. The highest BCUT2D eigenvalue weighted by atomic mass is 35.5. The summed E-state index contributed by atoms with van der Waals surface area (Å²) in [6.07, 6.45) is 2.65.